The average Bonchev–Trinajstić information content (AvgIpc) is 3.22. The number of rotatable bonds is 2. The molecule has 0 unspecified atom stereocenters. The van der Waals surface area contributed by atoms with Crippen molar-refractivity contribution in [3.63, 3.8) is 0 Å². The van der Waals surface area contributed by atoms with Crippen LogP contribution < -0.4 is 0 Å². The number of carbonyl (C=O) groups is 1. The Morgan fingerprint density at radius 2 is 2.09 bits per heavy atom. The minimum Gasteiger partial charge on any atom is -0.388 e. The number of aliphatic hydroxyl groups is 1. The molecular formula is C16H18N4O3. The standard InChI is InChI=1S/C16H18N4O3/c21-15-10-23-9-14(15)20-8-13(17-18-20)16(22)19-6-5-11-3-1-2-4-12(11)7-19/h1-4,8,14-15,21H,5-7,9-10H2/t14-,15-/m1/s1. The minimum atomic E-state index is -0.610. The second kappa shape index (κ2) is 5.75. The number of aromatic nitrogens is 3. The zero-order valence-corrected chi connectivity index (χ0v) is 12.6. The van der Waals surface area contributed by atoms with Crippen LogP contribution in [0.25, 0.3) is 0 Å². The zero-order valence-electron chi connectivity index (χ0n) is 12.6. The highest BCUT2D eigenvalue weighted by Gasteiger charge is 2.30. The predicted molar refractivity (Wildman–Crippen MR) is 80.8 cm³/mol. The van der Waals surface area contributed by atoms with Gasteiger partial charge in [-0.2, -0.15) is 0 Å². The van der Waals surface area contributed by atoms with E-state index in [9.17, 15) is 9.90 Å². The highest BCUT2D eigenvalue weighted by atomic mass is 16.5. The highest BCUT2D eigenvalue weighted by Crippen LogP contribution is 2.21. The molecule has 1 aromatic carbocycles. The van der Waals surface area contributed by atoms with E-state index < -0.39 is 6.10 Å². The van der Waals surface area contributed by atoms with Crippen LogP contribution in [0.2, 0.25) is 0 Å². The van der Waals surface area contributed by atoms with Crippen molar-refractivity contribution in [2.45, 2.75) is 25.1 Å². The van der Waals surface area contributed by atoms with Crippen molar-refractivity contribution in [3.05, 3.63) is 47.3 Å². The van der Waals surface area contributed by atoms with Crippen molar-refractivity contribution in [2.75, 3.05) is 19.8 Å². The molecule has 0 radical (unpaired) electrons. The van der Waals surface area contributed by atoms with Crippen molar-refractivity contribution in [3.8, 4) is 0 Å². The van der Waals surface area contributed by atoms with E-state index in [1.54, 1.807) is 11.1 Å². The lowest BCUT2D eigenvalue weighted by Crippen LogP contribution is -2.36. The largest absolute Gasteiger partial charge is 0.388 e. The molecule has 2 atom stereocenters. The summed E-state index contributed by atoms with van der Waals surface area (Å²) in [6, 6.07) is 7.90. The molecule has 2 aliphatic rings. The summed E-state index contributed by atoms with van der Waals surface area (Å²) in [7, 11) is 0. The number of amides is 1. The lowest BCUT2D eigenvalue weighted by molar-refractivity contribution is 0.0728. The van der Waals surface area contributed by atoms with Gasteiger partial charge in [0, 0.05) is 13.1 Å². The van der Waals surface area contributed by atoms with Gasteiger partial charge in [-0.1, -0.05) is 29.5 Å². The second-order valence-electron chi connectivity index (χ2n) is 6.00. The molecule has 1 fully saturated rings. The summed E-state index contributed by atoms with van der Waals surface area (Å²) in [5.74, 6) is -0.126. The molecule has 23 heavy (non-hydrogen) atoms. The van der Waals surface area contributed by atoms with E-state index in [0.717, 1.165) is 6.42 Å². The van der Waals surface area contributed by atoms with Crippen molar-refractivity contribution in [1.82, 2.24) is 19.9 Å². The Bertz CT molecular complexity index is 730. The number of carbonyl (C=O) groups excluding carboxylic acids is 1. The molecule has 1 N–H and O–H groups in total. The quantitative estimate of drug-likeness (QED) is 0.868. The smallest absolute Gasteiger partial charge is 0.276 e. The third kappa shape index (κ3) is 2.62. The predicted octanol–water partition coefficient (Wildman–Crippen LogP) is 0.409. The van der Waals surface area contributed by atoms with E-state index in [4.69, 9.17) is 4.74 Å². The normalized spacial score (nSPS) is 23.8. The minimum absolute atomic E-state index is 0.126. The Kier molecular flexibility index (Phi) is 3.59. The van der Waals surface area contributed by atoms with Crippen LogP contribution in [0.4, 0.5) is 0 Å². The third-order valence-electron chi connectivity index (χ3n) is 4.51. The first-order valence-corrected chi connectivity index (χ1v) is 7.76. The van der Waals surface area contributed by atoms with Crippen LogP contribution in [0.1, 0.15) is 27.7 Å². The van der Waals surface area contributed by atoms with Gasteiger partial charge in [0.15, 0.2) is 5.69 Å². The van der Waals surface area contributed by atoms with Gasteiger partial charge in [0.2, 0.25) is 0 Å². The van der Waals surface area contributed by atoms with Crippen molar-refractivity contribution >= 4 is 5.91 Å². The summed E-state index contributed by atoms with van der Waals surface area (Å²) >= 11 is 0. The van der Waals surface area contributed by atoms with Gasteiger partial charge in [-0.25, -0.2) is 4.68 Å². The Balaban J connectivity index is 1.51. The average molecular weight is 314 g/mol. The Hall–Kier alpha value is -2.25. The molecule has 1 amide bonds. The molecule has 0 saturated carbocycles. The maximum atomic E-state index is 12.6. The van der Waals surface area contributed by atoms with Crippen molar-refractivity contribution in [2.24, 2.45) is 0 Å². The van der Waals surface area contributed by atoms with Crippen LogP contribution in [-0.4, -0.2) is 56.8 Å². The summed E-state index contributed by atoms with van der Waals surface area (Å²) in [6.07, 6.45) is 1.85. The number of hydrogen-bond donors (Lipinski definition) is 1. The molecule has 3 heterocycles. The SMILES string of the molecule is O=C(c1cn([C@@H]2COC[C@H]2O)nn1)N1CCc2ccccc2C1. The number of ether oxygens (including phenoxy) is 1. The molecule has 1 aromatic heterocycles. The second-order valence-corrected chi connectivity index (χ2v) is 6.00. The molecule has 1 saturated heterocycles. The highest BCUT2D eigenvalue weighted by molar-refractivity contribution is 5.92. The van der Waals surface area contributed by atoms with Gasteiger partial charge in [0.1, 0.15) is 12.1 Å². The molecule has 0 aliphatic carbocycles. The lowest BCUT2D eigenvalue weighted by atomic mass is 10.00. The van der Waals surface area contributed by atoms with Gasteiger partial charge in [0.05, 0.1) is 19.4 Å². The van der Waals surface area contributed by atoms with Gasteiger partial charge >= 0.3 is 0 Å². The van der Waals surface area contributed by atoms with Gasteiger partial charge in [-0.05, 0) is 17.5 Å². The van der Waals surface area contributed by atoms with Gasteiger partial charge in [-0.3, -0.25) is 4.79 Å². The van der Waals surface area contributed by atoms with E-state index >= 15 is 0 Å². The van der Waals surface area contributed by atoms with Crippen LogP contribution in [0, 0.1) is 0 Å². The number of aliphatic hydroxyl groups excluding tert-OH is 1. The first-order valence-electron chi connectivity index (χ1n) is 7.76. The van der Waals surface area contributed by atoms with Crippen LogP contribution >= 0.6 is 0 Å². The fourth-order valence-corrected chi connectivity index (χ4v) is 3.15. The fourth-order valence-electron chi connectivity index (χ4n) is 3.15. The van der Waals surface area contributed by atoms with Crippen LogP contribution in [0.3, 0.4) is 0 Å². The number of hydrogen-bond acceptors (Lipinski definition) is 5. The van der Waals surface area contributed by atoms with Gasteiger partial charge in [-0.15, -0.1) is 5.10 Å². The molecule has 4 rings (SSSR count). The summed E-state index contributed by atoms with van der Waals surface area (Å²) in [4.78, 5) is 14.4. The van der Waals surface area contributed by atoms with Gasteiger partial charge < -0.3 is 14.7 Å². The molecule has 120 valence electrons. The van der Waals surface area contributed by atoms with Crippen LogP contribution in [-0.2, 0) is 17.7 Å². The van der Waals surface area contributed by atoms with Gasteiger partial charge in [0.25, 0.3) is 5.91 Å². The first-order chi connectivity index (χ1) is 11.2. The first kappa shape index (κ1) is 14.3. The monoisotopic (exact) mass is 314 g/mol. The van der Waals surface area contributed by atoms with E-state index in [2.05, 4.69) is 22.4 Å². The molecule has 0 spiro atoms. The van der Waals surface area contributed by atoms with Crippen LogP contribution in [0.5, 0.6) is 0 Å². The summed E-state index contributed by atoms with van der Waals surface area (Å²) in [5, 5.41) is 17.8. The Morgan fingerprint density at radius 1 is 1.26 bits per heavy atom. The van der Waals surface area contributed by atoms with E-state index in [1.165, 1.54) is 15.8 Å². The van der Waals surface area contributed by atoms with E-state index in [-0.39, 0.29) is 18.6 Å². The molecular weight excluding hydrogens is 296 g/mol. The van der Waals surface area contributed by atoms with Crippen LogP contribution in [0.15, 0.2) is 30.5 Å². The van der Waals surface area contributed by atoms with E-state index in [0.29, 0.717) is 25.4 Å². The number of fused-ring (bicyclic) bond motifs is 1. The zero-order chi connectivity index (χ0) is 15.8. The third-order valence-corrected chi connectivity index (χ3v) is 4.51. The number of nitrogens with zero attached hydrogens (tertiary/aromatic N) is 4. The molecule has 0 bridgehead atoms. The molecule has 7 nitrogen and oxygen atoms in total. The molecule has 2 aromatic rings. The van der Waals surface area contributed by atoms with Crippen molar-refractivity contribution < 1.29 is 14.6 Å². The number of benzene rings is 1. The summed E-state index contributed by atoms with van der Waals surface area (Å²) in [6.45, 7) is 1.95. The van der Waals surface area contributed by atoms with Crippen molar-refractivity contribution in [1.29, 1.82) is 0 Å². The fraction of sp³-hybridized carbons (Fsp3) is 0.438. The summed E-state index contributed by atoms with van der Waals surface area (Å²) in [5.41, 5.74) is 2.79. The van der Waals surface area contributed by atoms with E-state index in [1.807, 2.05) is 12.1 Å². The Morgan fingerprint density at radius 3 is 2.87 bits per heavy atom. The molecule has 2 aliphatic heterocycles. The summed E-state index contributed by atoms with van der Waals surface area (Å²) < 4.78 is 6.75. The topological polar surface area (TPSA) is 80.5 Å². The molecule has 7 heteroatoms. The maximum Gasteiger partial charge on any atom is 0.276 e. The Labute approximate surface area is 133 Å². The maximum absolute atomic E-state index is 12.6. The lowest BCUT2D eigenvalue weighted by Gasteiger charge is -2.28.